The zero-order valence-electron chi connectivity index (χ0n) is 13.8. The molecule has 4 heteroatoms. The van der Waals surface area contributed by atoms with E-state index in [0.29, 0.717) is 13.2 Å². The monoisotopic (exact) mass is 326 g/mol. The molecule has 0 aliphatic rings. The number of esters is 1. The number of benzene rings is 2. The van der Waals surface area contributed by atoms with E-state index in [1.54, 1.807) is 6.08 Å². The Bertz CT molecular complexity index is 632. The minimum atomic E-state index is -0.368. The van der Waals surface area contributed by atoms with Crippen LogP contribution in [0.2, 0.25) is 0 Å². The van der Waals surface area contributed by atoms with Crippen LogP contribution in [-0.2, 0) is 9.53 Å². The first-order valence-electron chi connectivity index (χ1n) is 7.94. The van der Waals surface area contributed by atoms with Gasteiger partial charge in [0, 0.05) is 6.08 Å². The smallest absolute Gasteiger partial charge is 0.330 e. The minimum Gasteiger partial charge on any atom is -0.494 e. The normalized spacial score (nSPS) is 10.5. The summed E-state index contributed by atoms with van der Waals surface area (Å²) in [5.74, 6) is 1.34. The third-order valence-electron chi connectivity index (χ3n) is 3.31. The van der Waals surface area contributed by atoms with E-state index in [1.165, 1.54) is 13.2 Å². The van der Waals surface area contributed by atoms with Gasteiger partial charge >= 0.3 is 5.97 Å². The van der Waals surface area contributed by atoms with Crippen molar-refractivity contribution in [1.29, 1.82) is 0 Å². The Kier molecular flexibility index (Phi) is 7.41. The molecule has 2 aromatic carbocycles. The van der Waals surface area contributed by atoms with Crippen LogP contribution in [-0.4, -0.2) is 26.3 Å². The van der Waals surface area contributed by atoms with Crippen molar-refractivity contribution in [3.8, 4) is 11.5 Å². The van der Waals surface area contributed by atoms with Crippen molar-refractivity contribution in [2.24, 2.45) is 0 Å². The number of hydrogen-bond acceptors (Lipinski definition) is 4. The molecule has 4 nitrogen and oxygen atoms in total. The van der Waals surface area contributed by atoms with Crippen molar-refractivity contribution in [3.05, 3.63) is 66.2 Å². The Morgan fingerprint density at radius 2 is 1.46 bits per heavy atom. The molecule has 0 N–H and O–H groups in total. The standard InChI is InChI=1S/C20H22O4/c1-22-20(21)14-11-17-9-12-19(13-10-17)24-16-6-5-15-23-18-7-3-2-4-8-18/h2-4,7-14H,5-6,15-16H2,1H3. The average Bonchev–Trinajstić information content (AvgIpc) is 2.64. The van der Waals surface area contributed by atoms with Gasteiger partial charge in [-0.2, -0.15) is 0 Å². The van der Waals surface area contributed by atoms with Crippen molar-refractivity contribution in [2.45, 2.75) is 12.8 Å². The van der Waals surface area contributed by atoms with Gasteiger partial charge in [0.1, 0.15) is 11.5 Å². The maximum Gasteiger partial charge on any atom is 0.330 e. The summed E-state index contributed by atoms with van der Waals surface area (Å²) in [7, 11) is 1.36. The van der Waals surface area contributed by atoms with Crippen molar-refractivity contribution in [1.82, 2.24) is 0 Å². The third kappa shape index (κ3) is 6.57. The van der Waals surface area contributed by atoms with Crippen LogP contribution in [0.4, 0.5) is 0 Å². The molecule has 0 radical (unpaired) electrons. The summed E-state index contributed by atoms with van der Waals surface area (Å²) in [6.07, 6.45) is 4.96. The first-order valence-corrected chi connectivity index (χ1v) is 7.94. The number of carbonyl (C=O) groups excluding carboxylic acids is 1. The van der Waals surface area contributed by atoms with Crippen molar-refractivity contribution >= 4 is 12.0 Å². The fourth-order valence-electron chi connectivity index (χ4n) is 2.01. The van der Waals surface area contributed by atoms with Gasteiger partial charge in [-0.1, -0.05) is 30.3 Å². The number of para-hydroxylation sites is 1. The Labute approximate surface area is 142 Å². The molecule has 0 spiro atoms. The van der Waals surface area contributed by atoms with E-state index in [-0.39, 0.29) is 5.97 Å². The highest BCUT2D eigenvalue weighted by Crippen LogP contribution is 2.14. The fraction of sp³-hybridized carbons (Fsp3) is 0.250. The van der Waals surface area contributed by atoms with Gasteiger partial charge in [0.15, 0.2) is 0 Å². The first-order chi connectivity index (χ1) is 11.8. The van der Waals surface area contributed by atoms with E-state index >= 15 is 0 Å². The summed E-state index contributed by atoms with van der Waals surface area (Å²) >= 11 is 0. The Morgan fingerprint density at radius 3 is 2.04 bits per heavy atom. The van der Waals surface area contributed by atoms with Gasteiger partial charge in [0.25, 0.3) is 0 Å². The van der Waals surface area contributed by atoms with E-state index in [2.05, 4.69) is 4.74 Å². The highest BCUT2D eigenvalue weighted by molar-refractivity contribution is 5.86. The molecule has 0 unspecified atom stereocenters. The topological polar surface area (TPSA) is 44.8 Å². The lowest BCUT2D eigenvalue weighted by atomic mass is 10.2. The fourth-order valence-corrected chi connectivity index (χ4v) is 2.01. The second-order valence-electron chi connectivity index (χ2n) is 5.14. The molecule has 24 heavy (non-hydrogen) atoms. The molecule has 0 aliphatic heterocycles. The highest BCUT2D eigenvalue weighted by atomic mass is 16.5. The van der Waals surface area contributed by atoms with Crippen LogP contribution in [0.15, 0.2) is 60.7 Å². The Hall–Kier alpha value is -2.75. The zero-order valence-corrected chi connectivity index (χ0v) is 13.8. The molecule has 0 atom stereocenters. The van der Waals surface area contributed by atoms with Crippen molar-refractivity contribution in [2.75, 3.05) is 20.3 Å². The number of carbonyl (C=O) groups is 1. The molecule has 0 saturated heterocycles. The molecule has 126 valence electrons. The quantitative estimate of drug-likeness (QED) is 0.395. The van der Waals surface area contributed by atoms with Crippen LogP contribution in [0.1, 0.15) is 18.4 Å². The van der Waals surface area contributed by atoms with Crippen LogP contribution >= 0.6 is 0 Å². The molecular formula is C20H22O4. The second-order valence-corrected chi connectivity index (χ2v) is 5.14. The average molecular weight is 326 g/mol. The van der Waals surface area contributed by atoms with Crippen LogP contribution in [0.25, 0.3) is 6.08 Å². The van der Waals surface area contributed by atoms with Gasteiger partial charge in [-0.3, -0.25) is 0 Å². The summed E-state index contributed by atoms with van der Waals surface area (Å²) in [4.78, 5) is 11.0. The molecule has 0 bridgehead atoms. The molecule has 2 rings (SSSR count). The van der Waals surface area contributed by atoms with Crippen LogP contribution in [0.5, 0.6) is 11.5 Å². The summed E-state index contributed by atoms with van der Waals surface area (Å²) in [6.45, 7) is 1.33. The van der Waals surface area contributed by atoms with E-state index in [9.17, 15) is 4.79 Å². The Balaban J connectivity index is 1.62. The van der Waals surface area contributed by atoms with Gasteiger partial charge in [-0.25, -0.2) is 4.79 Å². The summed E-state index contributed by atoms with van der Waals surface area (Å²) in [6, 6.07) is 17.4. The third-order valence-corrected chi connectivity index (χ3v) is 3.31. The molecule has 0 aliphatic carbocycles. The molecule has 0 heterocycles. The van der Waals surface area contributed by atoms with E-state index in [0.717, 1.165) is 29.9 Å². The van der Waals surface area contributed by atoms with Crippen LogP contribution < -0.4 is 9.47 Å². The molecule has 0 fully saturated rings. The largest absolute Gasteiger partial charge is 0.494 e. The highest BCUT2D eigenvalue weighted by Gasteiger charge is 1.97. The first kappa shape index (κ1) is 17.6. The van der Waals surface area contributed by atoms with Gasteiger partial charge in [-0.05, 0) is 48.7 Å². The van der Waals surface area contributed by atoms with E-state index in [4.69, 9.17) is 9.47 Å². The lowest BCUT2D eigenvalue weighted by Crippen LogP contribution is -2.02. The molecule has 0 saturated carbocycles. The lowest BCUT2D eigenvalue weighted by molar-refractivity contribution is -0.134. The predicted molar refractivity (Wildman–Crippen MR) is 94.2 cm³/mol. The number of methoxy groups -OCH3 is 1. The number of ether oxygens (including phenoxy) is 3. The van der Waals surface area contributed by atoms with Gasteiger partial charge < -0.3 is 14.2 Å². The maximum atomic E-state index is 11.0. The van der Waals surface area contributed by atoms with Crippen LogP contribution in [0.3, 0.4) is 0 Å². The van der Waals surface area contributed by atoms with Crippen molar-refractivity contribution in [3.63, 3.8) is 0 Å². The van der Waals surface area contributed by atoms with E-state index in [1.807, 2.05) is 54.6 Å². The zero-order chi connectivity index (χ0) is 17.0. The number of hydrogen-bond donors (Lipinski definition) is 0. The Morgan fingerprint density at radius 1 is 0.875 bits per heavy atom. The van der Waals surface area contributed by atoms with Gasteiger partial charge in [0.2, 0.25) is 0 Å². The molecule has 0 aromatic heterocycles. The number of unbranched alkanes of at least 4 members (excludes halogenated alkanes) is 1. The summed E-state index contributed by atoms with van der Waals surface area (Å²) < 4.78 is 15.9. The SMILES string of the molecule is COC(=O)C=Cc1ccc(OCCCCOc2ccccc2)cc1. The predicted octanol–water partition coefficient (Wildman–Crippen LogP) is 4.11. The second kappa shape index (κ2) is 10.1. The maximum absolute atomic E-state index is 11.0. The van der Waals surface area contributed by atoms with Gasteiger partial charge in [-0.15, -0.1) is 0 Å². The minimum absolute atomic E-state index is 0.368. The lowest BCUT2D eigenvalue weighted by Gasteiger charge is -2.08. The van der Waals surface area contributed by atoms with E-state index < -0.39 is 0 Å². The molecule has 2 aromatic rings. The van der Waals surface area contributed by atoms with Crippen molar-refractivity contribution < 1.29 is 19.0 Å². The summed E-state index contributed by atoms with van der Waals surface area (Å²) in [5.41, 5.74) is 0.920. The van der Waals surface area contributed by atoms with Gasteiger partial charge in [0.05, 0.1) is 20.3 Å². The summed E-state index contributed by atoms with van der Waals surface area (Å²) in [5, 5.41) is 0. The van der Waals surface area contributed by atoms with Crippen LogP contribution in [0, 0.1) is 0 Å². The number of rotatable bonds is 9. The molecular weight excluding hydrogens is 304 g/mol. The molecule has 0 amide bonds.